The van der Waals surface area contributed by atoms with Gasteiger partial charge in [0.05, 0.1) is 51.6 Å². The van der Waals surface area contributed by atoms with Gasteiger partial charge in [0, 0.05) is 43.2 Å². The number of nitrogens with zero attached hydrogens (tertiary/aromatic N) is 4. The van der Waals surface area contributed by atoms with Crippen LogP contribution < -0.4 is 0 Å². The number of aliphatic imine (C=N–C) groups is 4. The number of fused-ring (bicyclic) bond motifs is 4. The van der Waals surface area contributed by atoms with Gasteiger partial charge in [0.15, 0.2) is 0 Å². The van der Waals surface area contributed by atoms with Crippen LogP contribution in [0.15, 0.2) is 182 Å². The summed E-state index contributed by atoms with van der Waals surface area (Å²) in [5.74, 6) is -0.266. The minimum atomic E-state index is -0.266. The van der Waals surface area contributed by atoms with E-state index < -0.39 is 0 Å². The summed E-state index contributed by atoms with van der Waals surface area (Å²) < 4.78 is 0. The van der Waals surface area contributed by atoms with Gasteiger partial charge in [-0.2, -0.15) is 0 Å². The van der Waals surface area contributed by atoms with Crippen molar-refractivity contribution in [2.75, 3.05) is 0 Å². The molecule has 250 valence electrons. The zero-order valence-electron chi connectivity index (χ0n) is 27.4. The molecule has 5 aliphatic heterocycles. The van der Waals surface area contributed by atoms with Crippen LogP contribution in [0.4, 0.5) is 0 Å². The summed E-state index contributed by atoms with van der Waals surface area (Å²) >= 11 is 25.5. The average molecular weight is 753 g/mol. The molecule has 0 fully saturated rings. The second-order valence-electron chi connectivity index (χ2n) is 12.7. The van der Waals surface area contributed by atoms with Gasteiger partial charge in [0.25, 0.3) is 0 Å². The number of hydrogen-bond acceptors (Lipinski definition) is 4. The Morgan fingerprint density at radius 3 is 1.42 bits per heavy atom. The average Bonchev–Trinajstić information content (AvgIpc) is 3.99. The van der Waals surface area contributed by atoms with Crippen LogP contribution in [-0.2, 0) is 0 Å². The first-order chi connectivity index (χ1) is 25.4. The fourth-order valence-electron chi connectivity index (χ4n) is 7.06. The van der Waals surface area contributed by atoms with Crippen molar-refractivity contribution >= 4 is 86.0 Å². The number of halogens is 4. The predicted octanol–water partition coefficient (Wildman–Crippen LogP) is 12.4. The van der Waals surface area contributed by atoms with Crippen LogP contribution in [0, 0.1) is 0 Å². The summed E-state index contributed by atoms with van der Waals surface area (Å²) in [7, 11) is 0. The number of benzene rings is 4. The van der Waals surface area contributed by atoms with Gasteiger partial charge >= 0.3 is 0 Å². The molecule has 4 aromatic carbocycles. The van der Waals surface area contributed by atoms with Gasteiger partial charge < -0.3 is 0 Å². The predicted molar refractivity (Wildman–Crippen MR) is 219 cm³/mol. The van der Waals surface area contributed by atoms with Crippen LogP contribution in [0.5, 0.6) is 0 Å². The molecular weight excluding hydrogens is 726 g/mol. The SMILES string of the molecule is Clc1ccc(C2=C3C=CC(=N3)C(c3ccc(Cl)cc3)=C3C=CC(=N3)C(c3ccc(Cl)cc3)C3=NC(=C(c4ccc(Cl)cc4)C4=NC2=CC4)C=C3)cc1. The molecule has 0 N–H and O–H groups in total. The first kappa shape index (κ1) is 32.8. The fourth-order valence-corrected chi connectivity index (χ4v) is 7.56. The van der Waals surface area contributed by atoms with Crippen molar-refractivity contribution in [1.29, 1.82) is 0 Å². The number of rotatable bonds is 4. The minimum Gasteiger partial charge on any atom is -0.252 e. The summed E-state index contributed by atoms with van der Waals surface area (Å²) in [5, 5.41) is 2.63. The third-order valence-corrected chi connectivity index (χ3v) is 10.5. The highest BCUT2D eigenvalue weighted by Crippen LogP contribution is 2.41. The molecule has 8 bridgehead atoms. The Morgan fingerprint density at radius 2 is 0.865 bits per heavy atom. The highest BCUT2D eigenvalue weighted by molar-refractivity contribution is 6.35. The van der Waals surface area contributed by atoms with Crippen LogP contribution in [0.1, 0.15) is 34.6 Å². The molecule has 5 heterocycles. The minimum absolute atomic E-state index is 0.266. The zero-order chi connectivity index (χ0) is 35.3. The quantitative estimate of drug-likeness (QED) is 0.199. The Morgan fingerprint density at radius 1 is 0.423 bits per heavy atom. The molecule has 0 amide bonds. The zero-order valence-corrected chi connectivity index (χ0v) is 30.4. The molecule has 0 spiro atoms. The number of hydrogen-bond donors (Lipinski definition) is 0. The summed E-state index contributed by atoms with van der Waals surface area (Å²) in [4.78, 5) is 21.3. The molecule has 0 aliphatic carbocycles. The van der Waals surface area contributed by atoms with Crippen LogP contribution in [0.25, 0.3) is 16.7 Å². The lowest BCUT2D eigenvalue weighted by Crippen LogP contribution is -2.18. The second kappa shape index (κ2) is 13.5. The Labute approximate surface area is 321 Å². The maximum atomic E-state index is 6.37. The molecule has 0 aromatic heterocycles. The summed E-state index contributed by atoms with van der Waals surface area (Å²) in [5.41, 5.74) is 13.3. The van der Waals surface area contributed by atoms with E-state index in [0.717, 1.165) is 84.6 Å². The standard InChI is InChI=1S/C44H26Cl4N4/c45-29-9-1-25(2-10-29)41-33-17-19-35(49-33)42(26-3-11-30(46)12-4-26)37-21-23-39(51-37)44(28-7-15-32(48)16-8-28)40-24-22-38(52-40)43(36-20-18-34(41)50-36)27-5-13-31(47)14-6-27/h1-23,42H,24H2. The molecule has 0 saturated heterocycles. The highest BCUT2D eigenvalue weighted by Gasteiger charge is 2.30. The van der Waals surface area contributed by atoms with E-state index in [0.29, 0.717) is 26.5 Å². The van der Waals surface area contributed by atoms with Crippen LogP contribution in [0.3, 0.4) is 0 Å². The lowest BCUT2D eigenvalue weighted by molar-refractivity contribution is 1.19. The van der Waals surface area contributed by atoms with E-state index in [1.54, 1.807) is 0 Å². The smallest absolute Gasteiger partial charge is 0.0738 e. The van der Waals surface area contributed by atoms with Gasteiger partial charge in [0.1, 0.15) is 0 Å². The Kier molecular flexibility index (Phi) is 8.49. The van der Waals surface area contributed by atoms with Crippen molar-refractivity contribution in [3.63, 3.8) is 0 Å². The monoisotopic (exact) mass is 750 g/mol. The van der Waals surface area contributed by atoms with E-state index in [-0.39, 0.29) is 5.92 Å². The van der Waals surface area contributed by atoms with Gasteiger partial charge in [-0.1, -0.05) is 101 Å². The van der Waals surface area contributed by atoms with Gasteiger partial charge in [-0.3, -0.25) is 15.0 Å². The van der Waals surface area contributed by atoms with E-state index in [2.05, 4.69) is 36.5 Å². The van der Waals surface area contributed by atoms with Crippen LogP contribution in [-0.4, -0.2) is 22.8 Å². The first-order valence-electron chi connectivity index (χ1n) is 16.7. The fraction of sp³-hybridized carbons (Fsp3) is 0.0455. The Bertz CT molecular complexity index is 2520. The lowest BCUT2D eigenvalue weighted by atomic mass is 9.89. The van der Waals surface area contributed by atoms with Gasteiger partial charge in [-0.25, -0.2) is 4.99 Å². The maximum Gasteiger partial charge on any atom is 0.0738 e. The molecular formula is C44H26Cl4N4. The van der Waals surface area contributed by atoms with Crippen molar-refractivity contribution in [1.82, 2.24) is 0 Å². The third kappa shape index (κ3) is 6.12. The van der Waals surface area contributed by atoms with Crippen molar-refractivity contribution in [2.45, 2.75) is 12.3 Å². The van der Waals surface area contributed by atoms with Crippen LogP contribution >= 0.6 is 46.4 Å². The molecule has 0 saturated carbocycles. The van der Waals surface area contributed by atoms with Crippen molar-refractivity contribution in [3.05, 3.63) is 205 Å². The summed E-state index contributed by atoms with van der Waals surface area (Å²) in [6, 6.07) is 31.4. The Balaban J connectivity index is 1.34. The van der Waals surface area contributed by atoms with Gasteiger partial charge in [-0.05, 0) is 107 Å². The topological polar surface area (TPSA) is 49.4 Å². The molecule has 4 nitrogen and oxygen atoms in total. The number of allylic oxidation sites excluding steroid dienone is 10. The van der Waals surface area contributed by atoms with Crippen molar-refractivity contribution < 1.29 is 0 Å². The normalized spacial score (nSPS) is 19.0. The second-order valence-corrected chi connectivity index (χ2v) is 14.5. The van der Waals surface area contributed by atoms with Crippen LogP contribution in [0.2, 0.25) is 20.1 Å². The maximum absolute atomic E-state index is 6.37. The molecule has 8 heteroatoms. The van der Waals surface area contributed by atoms with Gasteiger partial charge in [0.2, 0.25) is 0 Å². The third-order valence-electron chi connectivity index (χ3n) is 9.47. The molecule has 1 unspecified atom stereocenters. The molecule has 1 atom stereocenters. The molecule has 5 aliphatic rings. The van der Waals surface area contributed by atoms with E-state index in [1.807, 2.05) is 103 Å². The molecule has 0 radical (unpaired) electrons. The molecule has 9 rings (SSSR count). The van der Waals surface area contributed by atoms with E-state index in [4.69, 9.17) is 66.4 Å². The Hall–Kier alpha value is -5.10. The molecule has 4 aromatic rings. The van der Waals surface area contributed by atoms with Crippen molar-refractivity contribution in [3.8, 4) is 0 Å². The summed E-state index contributed by atoms with van der Waals surface area (Å²) in [6.07, 6.45) is 15.2. The first-order valence-corrected chi connectivity index (χ1v) is 18.2. The van der Waals surface area contributed by atoms with Gasteiger partial charge in [-0.15, -0.1) is 0 Å². The largest absolute Gasteiger partial charge is 0.252 e. The summed E-state index contributed by atoms with van der Waals surface area (Å²) in [6.45, 7) is 0. The van der Waals surface area contributed by atoms with Crippen molar-refractivity contribution in [2.24, 2.45) is 20.0 Å². The van der Waals surface area contributed by atoms with E-state index in [1.165, 1.54) is 0 Å². The van der Waals surface area contributed by atoms with E-state index in [9.17, 15) is 0 Å². The van der Waals surface area contributed by atoms with E-state index >= 15 is 0 Å². The highest BCUT2D eigenvalue weighted by atomic mass is 35.5. The molecule has 52 heavy (non-hydrogen) atoms. The lowest BCUT2D eigenvalue weighted by Gasteiger charge is -2.17.